The molecule has 0 bridgehead atoms. The van der Waals surface area contributed by atoms with E-state index in [0.29, 0.717) is 24.3 Å². The number of ether oxygens (including phenoxy) is 2. The van der Waals surface area contributed by atoms with Crippen LogP contribution in [0.3, 0.4) is 0 Å². The van der Waals surface area contributed by atoms with Gasteiger partial charge in [-0.15, -0.1) is 0 Å². The molecule has 3 fully saturated rings. The molecule has 3 unspecified atom stereocenters. The summed E-state index contributed by atoms with van der Waals surface area (Å²) < 4.78 is 11.8. The molecule has 3 heterocycles. The van der Waals surface area contributed by atoms with Crippen molar-refractivity contribution in [2.75, 3.05) is 26.3 Å². The normalized spacial score (nSPS) is 30.4. The van der Waals surface area contributed by atoms with Crippen LogP contribution in [0.5, 0.6) is 0 Å². The first-order valence-electron chi connectivity index (χ1n) is 9.08. The molecule has 1 spiro atoms. The number of hydrogen-bond acceptors (Lipinski definition) is 4. The second kappa shape index (κ2) is 6.45. The monoisotopic (exact) mass is 330 g/mol. The smallest absolute Gasteiger partial charge is 0.226 e. The maximum Gasteiger partial charge on any atom is 0.226 e. The zero-order chi connectivity index (χ0) is 16.6. The van der Waals surface area contributed by atoms with E-state index in [4.69, 9.17) is 9.47 Å². The third-order valence-electron chi connectivity index (χ3n) is 5.84. The van der Waals surface area contributed by atoms with Gasteiger partial charge in [-0.25, -0.2) is 0 Å². The zero-order valence-corrected chi connectivity index (χ0v) is 14.3. The van der Waals surface area contributed by atoms with Gasteiger partial charge in [0.2, 0.25) is 5.91 Å². The Hall–Kier alpha value is -1.46. The van der Waals surface area contributed by atoms with Crippen molar-refractivity contribution in [3.63, 3.8) is 0 Å². The minimum Gasteiger partial charge on any atom is -0.375 e. The number of pyridine rings is 1. The van der Waals surface area contributed by atoms with Crippen LogP contribution in [0, 0.1) is 17.8 Å². The molecule has 0 N–H and O–H groups in total. The van der Waals surface area contributed by atoms with Crippen LogP contribution in [0.2, 0.25) is 0 Å². The topological polar surface area (TPSA) is 51.7 Å². The summed E-state index contributed by atoms with van der Waals surface area (Å²) in [5, 5.41) is 0. The Balaban J connectivity index is 1.22. The lowest BCUT2D eigenvalue weighted by atomic mass is 9.79. The number of amides is 1. The number of likely N-dealkylation sites (tertiary alicyclic amines) is 1. The summed E-state index contributed by atoms with van der Waals surface area (Å²) in [5.74, 6) is 1.70. The van der Waals surface area contributed by atoms with Gasteiger partial charge in [0.1, 0.15) is 5.60 Å². The minimum atomic E-state index is -0.0951. The second-order valence-electron chi connectivity index (χ2n) is 7.57. The van der Waals surface area contributed by atoms with Gasteiger partial charge in [-0.3, -0.25) is 9.78 Å². The van der Waals surface area contributed by atoms with E-state index < -0.39 is 0 Å². The lowest BCUT2D eigenvalue weighted by Crippen LogP contribution is -2.66. The first-order chi connectivity index (χ1) is 11.7. The number of aromatic nitrogens is 1. The summed E-state index contributed by atoms with van der Waals surface area (Å²) >= 11 is 0. The molecule has 3 aliphatic rings. The van der Waals surface area contributed by atoms with Crippen LogP contribution in [-0.2, 0) is 20.9 Å². The van der Waals surface area contributed by atoms with Crippen LogP contribution in [0.25, 0.3) is 0 Å². The first kappa shape index (κ1) is 16.0. The summed E-state index contributed by atoms with van der Waals surface area (Å²) in [4.78, 5) is 18.6. The Morgan fingerprint density at radius 2 is 2.29 bits per heavy atom. The molecule has 2 aliphatic heterocycles. The molecule has 4 rings (SSSR count). The van der Waals surface area contributed by atoms with Gasteiger partial charge in [0, 0.05) is 25.3 Å². The molecular weight excluding hydrogens is 304 g/mol. The van der Waals surface area contributed by atoms with Gasteiger partial charge in [0.05, 0.1) is 25.4 Å². The van der Waals surface area contributed by atoms with E-state index in [0.717, 1.165) is 51.3 Å². The highest BCUT2D eigenvalue weighted by Crippen LogP contribution is 2.45. The van der Waals surface area contributed by atoms with Gasteiger partial charge in [0.25, 0.3) is 0 Å². The summed E-state index contributed by atoms with van der Waals surface area (Å²) in [7, 11) is 0. The molecule has 24 heavy (non-hydrogen) atoms. The Labute approximate surface area is 143 Å². The van der Waals surface area contributed by atoms with Crippen molar-refractivity contribution in [3.05, 3.63) is 30.1 Å². The predicted octanol–water partition coefficient (Wildman–Crippen LogP) is 2.26. The molecule has 0 radical (unpaired) electrons. The Bertz CT molecular complexity index is 586. The van der Waals surface area contributed by atoms with Crippen molar-refractivity contribution in [3.8, 4) is 0 Å². The second-order valence-corrected chi connectivity index (χ2v) is 7.57. The van der Waals surface area contributed by atoms with Gasteiger partial charge < -0.3 is 14.4 Å². The first-order valence-corrected chi connectivity index (χ1v) is 9.08. The molecule has 0 aromatic carbocycles. The molecule has 3 atom stereocenters. The highest BCUT2D eigenvalue weighted by Gasteiger charge is 2.56. The number of carbonyl (C=O) groups is 1. The summed E-state index contributed by atoms with van der Waals surface area (Å²) in [6.45, 7) is 5.81. The molecule has 1 aromatic heterocycles. The standard InChI is InChI=1S/C19H26N2O3/c1-14-10-17(14)18(22)21-12-19(13-21)15(6-9-24-19)5-8-23-11-16-4-2-3-7-20-16/h2-4,7,14-15,17H,5-6,8-13H2,1H3. The van der Waals surface area contributed by atoms with Crippen molar-refractivity contribution < 1.29 is 14.3 Å². The fraction of sp³-hybridized carbons (Fsp3) is 0.684. The molecule has 1 saturated carbocycles. The lowest BCUT2D eigenvalue weighted by molar-refractivity contribution is -0.167. The molecule has 1 aromatic rings. The maximum atomic E-state index is 12.3. The third-order valence-corrected chi connectivity index (χ3v) is 5.84. The fourth-order valence-electron chi connectivity index (χ4n) is 4.08. The minimum absolute atomic E-state index is 0.0951. The molecule has 1 aliphatic carbocycles. The van der Waals surface area contributed by atoms with Crippen molar-refractivity contribution in [1.29, 1.82) is 0 Å². The van der Waals surface area contributed by atoms with Gasteiger partial charge in [-0.2, -0.15) is 0 Å². The van der Waals surface area contributed by atoms with E-state index in [2.05, 4.69) is 11.9 Å². The van der Waals surface area contributed by atoms with Crippen molar-refractivity contribution in [2.45, 2.75) is 38.4 Å². The average Bonchev–Trinajstić information content (AvgIpc) is 3.14. The predicted molar refractivity (Wildman–Crippen MR) is 89.2 cm³/mol. The zero-order valence-electron chi connectivity index (χ0n) is 14.3. The maximum absolute atomic E-state index is 12.3. The number of rotatable bonds is 6. The van der Waals surface area contributed by atoms with Gasteiger partial charge in [-0.05, 0) is 43.2 Å². The van der Waals surface area contributed by atoms with E-state index in [9.17, 15) is 4.79 Å². The van der Waals surface area contributed by atoms with E-state index in [1.807, 2.05) is 23.1 Å². The van der Waals surface area contributed by atoms with E-state index in [1.165, 1.54) is 0 Å². The van der Waals surface area contributed by atoms with E-state index in [-0.39, 0.29) is 11.5 Å². The highest BCUT2D eigenvalue weighted by molar-refractivity contribution is 5.82. The Kier molecular flexibility index (Phi) is 4.31. The van der Waals surface area contributed by atoms with Gasteiger partial charge >= 0.3 is 0 Å². The highest BCUT2D eigenvalue weighted by atomic mass is 16.5. The summed E-state index contributed by atoms with van der Waals surface area (Å²) in [6.07, 6.45) is 4.93. The van der Waals surface area contributed by atoms with E-state index in [1.54, 1.807) is 6.20 Å². The van der Waals surface area contributed by atoms with E-state index >= 15 is 0 Å². The van der Waals surface area contributed by atoms with Crippen LogP contribution in [0.1, 0.15) is 31.9 Å². The number of nitrogens with zero attached hydrogens (tertiary/aromatic N) is 2. The van der Waals surface area contributed by atoms with Crippen molar-refractivity contribution >= 4 is 5.91 Å². The van der Waals surface area contributed by atoms with Crippen LogP contribution < -0.4 is 0 Å². The Morgan fingerprint density at radius 3 is 3.00 bits per heavy atom. The molecule has 1 amide bonds. The van der Waals surface area contributed by atoms with Gasteiger partial charge in [0.15, 0.2) is 0 Å². The Morgan fingerprint density at radius 1 is 1.46 bits per heavy atom. The quantitative estimate of drug-likeness (QED) is 0.751. The number of hydrogen-bond donors (Lipinski definition) is 0. The SMILES string of the molecule is CC1CC1C(=O)N1CC2(C1)OCCC2CCOCc1ccccn1. The molecule has 5 heteroatoms. The fourth-order valence-corrected chi connectivity index (χ4v) is 4.08. The van der Waals surface area contributed by atoms with Crippen LogP contribution in [-0.4, -0.2) is 47.7 Å². The third kappa shape index (κ3) is 3.07. The molecule has 130 valence electrons. The van der Waals surface area contributed by atoms with Crippen LogP contribution >= 0.6 is 0 Å². The summed E-state index contributed by atoms with van der Waals surface area (Å²) in [6, 6.07) is 5.87. The summed E-state index contributed by atoms with van der Waals surface area (Å²) in [5.41, 5.74) is 0.871. The number of carbonyl (C=O) groups excluding carboxylic acids is 1. The van der Waals surface area contributed by atoms with Crippen molar-refractivity contribution in [1.82, 2.24) is 9.88 Å². The van der Waals surface area contributed by atoms with Crippen molar-refractivity contribution in [2.24, 2.45) is 17.8 Å². The van der Waals surface area contributed by atoms with Crippen LogP contribution in [0.15, 0.2) is 24.4 Å². The molecular formula is C19H26N2O3. The lowest BCUT2D eigenvalue weighted by Gasteiger charge is -2.50. The van der Waals surface area contributed by atoms with Gasteiger partial charge in [-0.1, -0.05) is 13.0 Å². The van der Waals surface area contributed by atoms with Crippen LogP contribution in [0.4, 0.5) is 0 Å². The largest absolute Gasteiger partial charge is 0.375 e. The average molecular weight is 330 g/mol. The molecule has 5 nitrogen and oxygen atoms in total. The molecule has 2 saturated heterocycles.